The van der Waals surface area contributed by atoms with E-state index in [-0.39, 0.29) is 36.3 Å². The van der Waals surface area contributed by atoms with Gasteiger partial charge >= 0.3 is 0 Å². The van der Waals surface area contributed by atoms with Gasteiger partial charge in [-0.2, -0.15) is 0 Å². The number of fused-ring (bicyclic) bond motifs is 1. The van der Waals surface area contributed by atoms with Crippen molar-refractivity contribution in [3.63, 3.8) is 0 Å². The first-order chi connectivity index (χ1) is 10.6. The van der Waals surface area contributed by atoms with Crippen LogP contribution in [-0.4, -0.2) is 21.4 Å². The summed E-state index contributed by atoms with van der Waals surface area (Å²) < 4.78 is 1.39. The molecule has 0 unspecified atom stereocenters. The lowest BCUT2D eigenvalue weighted by Gasteiger charge is -2.08. The van der Waals surface area contributed by atoms with Gasteiger partial charge < -0.3 is 0 Å². The van der Waals surface area contributed by atoms with Crippen molar-refractivity contribution in [2.24, 2.45) is 5.92 Å². The average molecular weight is 300 g/mol. The Balaban J connectivity index is 1.59. The van der Waals surface area contributed by atoms with E-state index in [1.165, 1.54) is 10.9 Å². The molecule has 1 aromatic carbocycles. The first-order valence-electron chi connectivity index (χ1n) is 7.18. The molecule has 7 nitrogen and oxygen atoms in total. The fourth-order valence-corrected chi connectivity index (χ4v) is 2.13. The number of benzene rings is 1. The predicted molar refractivity (Wildman–Crippen MR) is 79.6 cm³/mol. The quantitative estimate of drug-likeness (QED) is 0.797. The van der Waals surface area contributed by atoms with Gasteiger partial charge in [-0.25, -0.2) is 4.98 Å². The summed E-state index contributed by atoms with van der Waals surface area (Å²) >= 11 is 0. The molecule has 1 saturated carbocycles. The number of nitrogens with one attached hydrogen (secondary N) is 2. The van der Waals surface area contributed by atoms with Gasteiger partial charge in [0.15, 0.2) is 0 Å². The van der Waals surface area contributed by atoms with Gasteiger partial charge in [0, 0.05) is 18.9 Å². The molecule has 0 spiro atoms. The van der Waals surface area contributed by atoms with Crippen molar-refractivity contribution in [2.75, 3.05) is 0 Å². The maximum Gasteiger partial charge on any atom is 0.261 e. The van der Waals surface area contributed by atoms with Crippen molar-refractivity contribution in [3.8, 4) is 0 Å². The molecule has 0 atom stereocenters. The van der Waals surface area contributed by atoms with Gasteiger partial charge in [-0.15, -0.1) is 0 Å². The number of hydrazine groups is 1. The normalized spacial score (nSPS) is 13.8. The van der Waals surface area contributed by atoms with Crippen molar-refractivity contribution in [3.05, 3.63) is 40.9 Å². The minimum absolute atomic E-state index is 0.0348. The minimum atomic E-state index is -0.339. The molecule has 3 rings (SSSR count). The molecule has 2 amide bonds. The van der Waals surface area contributed by atoms with E-state index in [9.17, 15) is 14.4 Å². The number of para-hydroxylation sites is 1. The summed E-state index contributed by atoms with van der Waals surface area (Å²) in [6.45, 7) is 0.210. The largest absolute Gasteiger partial charge is 0.298 e. The first-order valence-corrected chi connectivity index (χ1v) is 7.18. The Bertz CT molecular complexity index is 780. The average Bonchev–Trinajstić information content (AvgIpc) is 3.37. The number of hydrogen-bond acceptors (Lipinski definition) is 4. The summed E-state index contributed by atoms with van der Waals surface area (Å²) in [5, 5.41) is 0.521. The summed E-state index contributed by atoms with van der Waals surface area (Å²) in [4.78, 5) is 39.5. The Labute approximate surface area is 126 Å². The number of rotatable bonds is 4. The van der Waals surface area contributed by atoms with E-state index in [0.29, 0.717) is 10.9 Å². The summed E-state index contributed by atoms with van der Waals surface area (Å²) in [5.74, 6) is -0.459. The second kappa shape index (κ2) is 5.97. The first kappa shape index (κ1) is 14.2. The van der Waals surface area contributed by atoms with E-state index in [1.807, 2.05) is 6.07 Å². The van der Waals surface area contributed by atoms with E-state index >= 15 is 0 Å². The summed E-state index contributed by atoms with van der Waals surface area (Å²) in [7, 11) is 0. The molecular weight excluding hydrogens is 284 g/mol. The second-order valence-electron chi connectivity index (χ2n) is 5.32. The van der Waals surface area contributed by atoms with Gasteiger partial charge in [0.05, 0.1) is 17.2 Å². The Hall–Kier alpha value is -2.70. The Morgan fingerprint density at radius 3 is 2.77 bits per heavy atom. The van der Waals surface area contributed by atoms with Crippen LogP contribution in [0.2, 0.25) is 0 Å². The molecule has 0 saturated heterocycles. The highest BCUT2D eigenvalue weighted by Gasteiger charge is 2.29. The Morgan fingerprint density at radius 2 is 2.00 bits per heavy atom. The van der Waals surface area contributed by atoms with Crippen molar-refractivity contribution in [1.82, 2.24) is 20.4 Å². The highest BCUT2D eigenvalue weighted by molar-refractivity contribution is 5.84. The third-order valence-corrected chi connectivity index (χ3v) is 3.58. The fourth-order valence-electron chi connectivity index (χ4n) is 2.13. The molecule has 22 heavy (non-hydrogen) atoms. The van der Waals surface area contributed by atoms with Crippen LogP contribution in [0.5, 0.6) is 0 Å². The van der Waals surface area contributed by atoms with Crippen molar-refractivity contribution >= 4 is 22.7 Å². The maximum atomic E-state index is 12.2. The lowest BCUT2D eigenvalue weighted by atomic mass is 10.2. The van der Waals surface area contributed by atoms with Crippen LogP contribution in [0, 0.1) is 5.92 Å². The van der Waals surface area contributed by atoms with Crippen LogP contribution in [0.1, 0.15) is 19.3 Å². The van der Waals surface area contributed by atoms with Crippen LogP contribution in [0.4, 0.5) is 0 Å². The van der Waals surface area contributed by atoms with Crippen molar-refractivity contribution < 1.29 is 9.59 Å². The Morgan fingerprint density at radius 1 is 1.23 bits per heavy atom. The molecule has 114 valence electrons. The molecule has 1 aliphatic carbocycles. The smallest absolute Gasteiger partial charge is 0.261 e. The van der Waals surface area contributed by atoms with Crippen LogP contribution in [0.15, 0.2) is 35.4 Å². The number of aryl methyl sites for hydroxylation is 1. The fraction of sp³-hybridized carbons (Fsp3) is 0.333. The maximum absolute atomic E-state index is 12.2. The van der Waals surface area contributed by atoms with Crippen LogP contribution in [0.3, 0.4) is 0 Å². The van der Waals surface area contributed by atoms with Crippen LogP contribution >= 0.6 is 0 Å². The van der Waals surface area contributed by atoms with E-state index in [1.54, 1.807) is 18.2 Å². The standard InChI is InChI=1S/C15H16N4O3/c20-13(17-18-14(21)10-5-6-10)7-8-19-9-16-12-4-2-1-3-11(12)15(19)22/h1-4,9-10H,5-8H2,(H,17,20)(H,18,21). The highest BCUT2D eigenvalue weighted by Crippen LogP contribution is 2.28. The number of amides is 2. The topological polar surface area (TPSA) is 93.1 Å². The molecule has 2 N–H and O–H groups in total. The van der Waals surface area contributed by atoms with Crippen LogP contribution < -0.4 is 16.4 Å². The van der Waals surface area contributed by atoms with Gasteiger partial charge in [0.2, 0.25) is 11.8 Å². The van der Waals surface area contributed by atoms with E-state index < -0.39 is 0 Å². The zero-order chi connectivity index (χ0) is 15.5. The molecule has 7 heteroatoms. The molecule has 1 heterocycles. The third kappa shape index (κ3) is 3.13. The third-order valence-electron chi connectivity index (χ3n) is 3.58. The van der Waals surface area contributed by atoms with Gasteiger partial charge in [-0.1, -0.05) is 12.1 Å². The van der Waals surface area contributed by atoms with E-state index in [2.05, 4.69) is 15.8 Å². The molecular formula is C15H16N4O3. The second-order valence-corrected chi connectivity index (χ2v) is 5.32. The van der Waals surface area contributed by atoms with Gasteiger partial charge in [0.25, 0.3) is 5.56 Å². The number of carbonyl (C=O) groups excluding carboxylic acids is 2. The number of nitrogens with zero attached hydrogens (tertiary/aromatic N) is 2. The SMILES string of the molecule is O=C(CCn1cnc2ccccc2c1=O)NNC(=O)C1CC1. The lowest BCUT2D eigenvalue weighted by Crippen LogP contribution is -2.42. The van der Waals surface area contributed by atoms with Crippen molar-refractivity contribution in [1.29, 1.82) is 0 Å². The molecule has 0 aliphatic heterocycles. The number of aromatic nitrogens is 2. The molecule has 1 fully saturated rings. The number of carbonyl (C=O) groups is 2. The van der Waals surface area contributed by atoms with Gasteiger partial charge in [0.1, 0.15) is 0 Å². The summed E-state index contributed by atoms with van der Waals surface area (Å²) in [6.07, 6.45) is 3.27. The monoisotopic (exact) mass is 300 g/mol. The Kier molecular flexibility index (Phi) is 3.86. The zero-order valence-electron chi connectivity index (χ0n) is 11.9. The molecule has 2 aromatic rings. The lowest BCUT2D eigenvalue weighted by molar-refractivity contribution is -0.129. The number of hydrogen-bond donors (Lipinski definition) is 2. The molecule has 1 aliphatic rings. The molecule has 1 aromatic heterocycles. The zero-order valence-corrected chi connectivity index (χ0v) is 11.9. The van der Waals surface area contributed by atoms with E-state index in [0.717, 1.165) is 12.8 Å². The van der Waals surface area contributed by atoms with Crippen LogP contribution in [0.25, 0.3) is 10.9 Å². The minimum Gasteiger partial charge on any atom is -0.298 e. The van der Waals surface area contributed by atoms with Gasteiger partial charge in [-0.05, 0) is 25.0 Å². The van der Waals surface area contributed by atoms with E-state index in [4.69, 9.17) is 0 Å². The molecule has 0 radical (unpaired) electrons. The molecule has 0 bridgehead atoms. The van der Waals surface area contributed by atoms with Crippen molar-refractivity contribution in [2.45, 2.75) is 25.8 Å². The predicted octanol–water partition coefficient (Wildman–Crippen LogP) is 0.344. The highest BCUT2D eigenvalue weighted by atomic mass is 16.2. The van der Waals surface area contributed by atoms with Gasteiger partial charge in [-0.3, -0.25) is 29.8 Å². The summed E-state index contributed by atoms with van der Waals surface area (Å²) in [6, 6.07) is 7.06. The summed E-state index contributed by atoms with van der Waals surface area (Å²) in [5.41, 5.74) is 5.19. The van der Waals surface area contributed by atoms with Crippen LogP contribution in [-0.2, 0) is 16.1 Å².